The maximum absolute atomic E-state index is 11.8. The first-order valence-corrected chi connectivity index (χ1v) is 7.16. The average Bonchev–Trinajstić information content (AvgIpc) is 2.42. The highest BCUT2D eigenvalue weighted by molar-refractivity contribution is 5.98. The zero-order valence-electron chi connectivity index (χ0n) is 12.5. The van der Waals surface area contributed by atoms with Crippen LogP contribution < -0.4 is 11.1 Å². The molecule has 1 aromatic rings. The Morgan fingerprint density at radius 3 is 2.60 bits per heavy atom. The third kappa shape index (κ3) is 3.24. The number of nitrogens with two attached hydrogens (primary N) is 1. The summed E-state index contributed by atoms with van der Waals surface area (Å²) in [5.41, 5.74) is 8.25. The van der Waals surface area contributed by atoms with Gasteiger partial charge in [-0.1, -0.05) is 19.9 Å². The van der Waals surface area contributed by atoms with Crippen LogP contribution in [0.5, 0.6) is 0 Å². The molecule has 1 fully saturated rings. The second-order valence-corrected chi connectivity index (χ2v) is 6.34. The minimum Gasteiger partial charge on any atom is -0.465 e. The number of hydrogen-bond acceptors (Lipinski definition) is 4. The van der Waals surface area contributed by atoms with Crippen LogP contribution >= 0.6 is 0 Å². The maximum atomic E-state index is 11.8. The Hall–Kier alpha value is -1.71. The lowest BCUT2D eigenvalue weighted by molar-refractivity contribution is 0.0601. The van der Waals surface area contributed by atoms with Gasteiger partial charge in [0.25, 0.3) is 0 Å². The summed E-state index contributed by atoms with van der Waals surface area (Å²) in [6.07, 6.45) is 4.57. The first kappa shape index (κ1) is 14.7. The number of nitrogens with one attached hydrogen (secondary N) is 1. The molecule has 0 heterocycles. The van der Waals surface area contributed by atoms with Gasteiger partial charge in [0, 0.05) is 6.04 Å². The molecule has 0 radical (unpaired) electrons. The quantitative estimate of drug-likeness (QED) is 0.655. The standard InChI is InChI=1S/C16H24N2O2/c1-16(2)9-7-11(8-10-16)18-14-12(15(19)20-3)5-4-6-13(14)17/h4-6,11,18H,7-10,17H2,1-3H3. The minimum absolute atomic E-state index is 0.351. The van der Waals surface area contributed by atoms with Crippen LogP contribution in [0.15, 0.2) is 18.2 Å². The van der Waals surface area contributed by atoms with Crippen molar-refractivity contribution in [3.05, 3.63) is 23.8 Å². The van der Waals surface area contributed by atoms with E-state index < -0.39 is 0 Å². The first-order chi connectivity index (χ1) is 9.43. The van der Waals surface area contributed by atoms with E-state index in [1.54, 1.807) is 12.1 Å². The molecule has 0 saturated heterocycles. The fourth-order valence-corrected chi connectivity index (χ4v) is 2.76. The molecule has 4 heteroatoms. The van der Waals surface area contributed by atoms with Crippen LogP contribution in [-0.4, -0.2) is 19.1 Å². The zero-order chi connectivity index (χ0) is 14.8. The van der Waals surface area contributed by atoms with Crippen molar-refractivity contribution in [2.24, 2.45) is 5.41 Å². The molecule has 0 spiro atoms. The van der Waals surface area contributed by atoms with Gasteiger partial charge in [-0.15, -0.1) is 0 Å². The Morgan fingerprint density at radius 1 is 1.35 bits per heavy atom. The molecule has 0 aromatic heterocycles. The number of carbonyl (C=O) groups excluding carboxylic acids is 1. The number of para-hydroxylation sites is 1. The Kier molecular flexibility index (Phi) is 4.21. The molecule has 4 nitrogen and oxygen atoms in total. The molecule has 110 valence electrons. The summed E-state index contributed by atoms with van der Waals surface area (Å²) in [5.74, 6) is -0.351. The van der Waals surface area contributed by atoms with E-state index in [4.69, 9.17) is 10.5 Å². The first-order valence-electron chi connectivity index (χ1n) is 7.16. The van der Waals surface area contributed by atoms with Crippen molar-refractivity contribution < 1.29 is 9.53 Å². The van der Waals surface area contributed by atoms with Crippen molar-refractivity contribution in [1.29, 1.82) is 0 Å². The highest BCUT2D eigenvalue weighted by Gasteiger charge is 2.27. The van der Waals surface area contributed by atoms with E-state index in [0.717, 1.165) is 12.8 Å². The lowest BCUT2D eigenvalue weighted by Gasteiger charge is -2.35. The summed E-state index contributed by atoms with van der Waals surface area (Å²) in [6, 6.07) is 5.70. The van der Waals surface area contributed by atoms with Crippen LogP contribution in [-0.2, 0) is 4.74 Å². The number of anilines is 2. The molecule has 1 aliphatic carbocycles. The number of benzene rings is 1. The van der Waals surface area contributed by atoms with Gasteiger partial charge in [-0.2, -0.15) is 0 Å². The second kappa shape index (κ2) is 5.73. The average molecular weight is 276 g/mol. The number of methoxy groups -OCH3 is 1. The highest BCUT2D eigenvalue weighted by Crippen LogP contribution is 2.37. The fraction of sp³-hybridized carbons (Fsp3) is 0.562. The molecule has 0 bridgehead atoms. The van der Waals surface area contributed by atoms with E-state index in [0.29, 0.717) is 28.4 Å². The third-order valence-electron chi connectivity index (χ3n) is 4.19. The smallest absolute Gasteiger partial charge is 0.340 e. The van der Waals surface area contributed by atoms with Crippen LogP contribution in [0, 0.1) is 5.41 Å². The van der Waals surface area contributed by atoms with Gasteiger partial charge in [-0.05, 0) is 43.2 Å². The Bertz CT molecular complexity index is 487. The highest BCUT2D eigenvalue weighted by atomic mass is 16.5. The number of nitrogen functional groups attached to an aromatic ring is 1. The fourth-order valence-electron chi connectivity index (χ4n) is 2.76. The Morgan fingerprint density at radius 2 is 2.00 bits per heavy atom. The molecule has 3 N–H and O–H groups in total. The van der Waals surface area contributed by atoms with E-state index in [1.165, 1.54) is 20.0 Å². The van der Waals surface area contributed by atoms with Gasteiger partial charge >= 0.3 is 5.97 Å². The van der Waals surface area contributed by atoms with Gasteiger partial charge in [0.1, 0.15) is 0 Å². The molecule has 2 rings (SSSR count). The molecule has 1 aromatic carbocycles. The van der Waals surface area contributed by atoms with Crippen molar-refractivity contribution >= 4 is 17.3 Å². The predicted molar refractivity (Wildman–Crippen MR) is 81.9 cm³/mol. The molecule has 0 atom stereocenters. The number of esters is 1. The minimum atomic E-state index is -0.351. The maximum Gasteiger partial charge on any atom is 0.340 e. The van der Waals surface area contributed by atoms with Crippen LogP contribution in [0.4, 0.5) is 11.4 Å². The van der Waals surface area contributed by atoms with E-state index in [1.807, 2.05) is 6.07 Å². The topological polar surface area (TPSA) is 64.3 Å². The molecule has 20 heavy (non-hydrogen) atoms. The van der Waals surface area contributed by atoms with Crippen molar-refractivity contribution in [3.63, 3.8) is 0 Å². The summed E-state index contributed by atoms with van der Waals surface area (Å²) < 4.78 is 4.82. The van der Waals surface area contributed by atoms with E-state index in [-0.39, 0.29) is 5.97 Å². The molecule has 1 aliphatic rings. The summed E-state index contributed by atoms with van der Waals surface area (Å²) >= 11 is 0. The SMILES string of the molecule is COC(=O)c1cccc(N)c1NC1CCC(C)(C)CC1. The third-order valence-corrected chi connectivity index (χ3v) is 4.19. The summed E-state index contributed by atoms with van der Waals surface area (Å²) in [4.78, 5) is 11.8. The summed E-state index contributed by atoms with van der Waals surface area (Å²) in [5, 5.41) is 3.44. The largest absolute Gasteiger partial charge is 0.465 e. The molecular weight excluding hydrogens is 252 g/mol. The van der Waals surface area contributed by atoms with Crippen molar-refractivity contribution in [3.8, 4) is 0 Å². The number of rotatable bonds is 3. The molecular formula is C16H24N2O2. The van der Waals surface area contributed by atoms with Crippen molar-refractivity contribution in [2.75, 3.05) is 18.2 Å². The monoisotopic (exact) mass is 276 g/mol. The van der Waals surface area contributed by atoms with E-state index >= 15 is 0 Å². The van der Waals surface area contributed by atoms with Crippen molar-refractivity contribution in [2.45, 2.75) is 45.6 Å². The number of carbonyl (C=O) groups is 1. The van der Waals surface area contributed by atoms with Crippen LogP contribution in [0.25, 0.3) is 0 Å². The van der Waals surface area contributed by atoms with Crippen LogP contribution in [0.3, 0.4) is 0 Å². The summed E-state index contributed by atoms with van der Waals surface area (Å²) in [6.45, 7) is 4.61. The molecule has 1 saturated carbocycles. The number of hydrogen-bond donors (Lipinski definition) is 2. The second-order valence-electron chi connectivity index (χ2n) is 6.34. The Labute approximate surface area is 120 Å². The Balaban J connectivity index is 2.15. The molecule has 0 amide bonds. The summed E-state index contributed by atoms with van der Waals surface area (Å²) in [7, 11) is 1.39. The predicted octanol–water partition coefficient (Wildman–Crippen LogP) is 3.44. The van der Waals surface area contributed by atoms with E-state index in [2.05, 4.69) is 19.2 Å². The zero-order valence-corrected chi connectivity index (χ0v) is 12.5. The van der Waals surface area contributed by atoms with Crippen molar-refractivity contribution in [1.82, 2.24) is 0 Å². The van der Waals surface area contributed by atoms with Gasteiger partial charge in [0.15, 0.2) is 0 Å². The van der Waals surface area contributed by atoms with Gasteiger partial charge in [0.05, 0.1) is 24.0 Å². The number of ether oxygens (including phenoxy) is 1. The normalized spacial score (nSPS) is 18.6. The van der Waals surface area contributed by atoms with Gasteiger partial charge in [-0.25, -0.2) is 4.79 Å². The van der Waals surface area contributed by atoms with Gasteiger partial charge < -0.3 is 15.8 Å². The molecule has 0 unspecified atom stereocenters. The lowest BCUT2D eigenvalue weighted by Crippen LogP contribution is -2.30. The van der Waals surface area contributed by atoms with Gasteiger partial charge in [-0.3, -0.25) is 0 Å². The van der Waals surface area contributed by atoms with Gasteiger partial charge in [0.2, 0.25) is 0 Å². The van der Waals surface area contributed by atoms with Crippen LogP contribution in [0.2, 0.25) is 0 Å². The van der Waals surface area contributed by atoms with E-state index in [9.17, 15) is 4.79 Å². The molecule has 0 aliphatic heterocycles. The lowest BCUT2D eigenvalue weighted by atomic mass is 9.75. The van der Waals surface area contributed by atoms with Crippen LogP contribution in [0.1, 0.15) is 49.9 Å².